The molecule has 0 radical (unpaired) electrons. The van der Waals surface area contributed by atoms with E-state index in [-0.39, 0.29) is 16.3 Å². The van der Waals surface area contributed by atoms with Crippen molar-refractivity contribution in [2.24, 2.45) is 0 Å². The third-order valence-electron chi connectivity index (χ3n) is 3.03. The number of nitrogens with one attached hydrogen (secondary N) is 1. The number of aryl methyl sites for hydroxylation is 2. The third kappa shape index (κ3) is 2.70. The molecule has 5 nitrogen and oxygen atoms in total. The molecule has 4 N–H and O–H groups in total. The van der Waals surface area contributed by atoms with E-state index in [0.29, 0.717) is 5.69 Å². The van der Waals surface area contributed by atoms with Crippen molar-refractivity contribution in [3.8, 4) is 5.75 Å². The number of sulfonamides is 1. The van der Waals surface area contributed by atoms with Gasteiger partial charge in [0, 0.05) is 0 Å². The standard InChI is InChI=1S/C14H16N2O3S/c1-9-4-3-5-10(2)14(9)16-20(18,19)11-6-7-13(17)12(15)8-11/h3-8,16-17H,15H2,1-2H3. The molecule has 0 amide bonds. The summed E-state index contributed by atoms with van der Waals surface area (Å²) in [4.78, 5) is 0.00968. The molecule has 0 spiro atoms. The van der Waals surface area contributed by atoms with Crippen LogP contribution in [0.2, 0.25) is 0 Å². The number of hydrogen-bond donors (Lipinski definition) is 3. The third-order valence-corrected chi connectivity index (χ3v) is 4.37. The van der Waals surface area contributed by atoms with Crippen molar-refractivity contribution in [2.75, 3.05) is 10.5 Å². The zero-order valence-electron chi connectivity index (χ0n) is 11.2. The molecule has 0 heterocycles. The summed E-state index contributed by atoms with van der Waals surface area (Å²) in [5.74, 6) is -0.143. The van der Waals surface area contributed by atoms with E-state index < -0.39 is 10.0 Å². The molecule has 0 atom stereocenters. The van der Waals surface area contributed by atoms with E-state index in [2.05, 4.69) is 4.72 Å². The first-order chi connectivity index (χ1) is 9.31. The number of nitrogens with two attached hydrogens (primary N) is 1. The van der Waals surface area contributed by atoms with Crippen LogP contribution in [0.25, 0.3) is 0 Å². The van der Waals surface area contributed by atoms with Gasteiger partial charge in [0.25, 0.3) is 10.0 Å². The molecule has 2 aromatic rings. The maximum atomic E-state index is 12.3. The van der Waals surface area contributed by atoms with Gasteiger partial charge in [-0.2, -0.15) is 0 Å². The number of rotatable bonds is 3. The van der Waals surface area contributed by atoms with Gasteiger partial charge in [-0.25, -0.2) is 8.42 Å². The lowest BCUT2D eigenvalue weighted by Gasteiger charge is -2.13. The molecule has 0 fully saturated rings. The first-order valence-corrected chi connectivity index (χ1v) is 7.47. The monoisotopic (exact) mass is 292 g/mol. The second-order valence-electron chi connectivity index (χ2n) is 4.59. The highest BCUT2D eigenvalue weighted by molar-refractivity contribution is 7.92. The molecule has 2 rings (SSSR count). The Labute approximate surface area is 118 Å². The van der Waals surface area contributed by atoms with E-state index in [9.17, 15) is 13.5 Å². The van der Waals surface area contributed by atoms with E-state index >= 15 is 0 Å². The molecule has 0 bridgehead atoms. The Balaban J connectivity index is 2.43. The lowest BCUT2D eigenvalue weighted by Crippen LogP contribution is -2.14. The van der Waals surface area contributed by atoms with Gasteiger partial charge in [0.15, 0.2) is 0 Å². The number of nitrogen functional groups attached to an aromatic ring is 1. The predicted molar refractivity (Wildman–Crippen MR) is 79.2 cm³/mol. The molecule has 0 aliphatic heterocycles. The van der Waals surface area contributed by atoms with Crippen LogP contribution in [0.5, 0.6) is 5.75 Å². The van der Waals surface area contributed by atoms with E-state index in [4.69, 9.17) is 5.73 Å². The zero-order valence-corrected chi connectivity index (χ0v) is 12.0. The number of phenolic OH excluding ortho intramolecular Hbond substituents is 1. The van der Waals surface area contributed by atoms with Crippen molar-refractivity contribution in [1.82, 2.24) is 0 Å². The lowest BCUT2D eigenvalue weighted by molar-refractivity contribution is 0.477. The fraction of sp³-hybridized carbons (Fsp3) is 0.143. The number of hydrogen-bond acceptors (Lipinski definition) is 4. The van der Waals surface area contributed by atoms with Crippen molar-refractivity contribution in [2.45, 2.75) is 18.7 Å². The summed E-state index contributed by atoms with van der Waals surface area (Å²) in [5.41, 5.74) is 7.77. The van der Waals surface area contributed by atoms with Crippen LogP contribution in [0.1, 0.15) is 11.1 Å². The average Bonchev–Trinajstić information content (AvgIpc) is 2.37. The first-order valence-electron chi connectivity index (χ1n) is 5.99. The van der Waals surface area contributed by atoms with Crippen molar-refractivity contribution < 1.29 is 13.5 Å². The predicted octanol–water partition coefficient (Wildman–Crippen LogP) is 2.39. The smallest absolute Gasteiger partial charge is 0.261 e. The summed E-state index contributed by atoms with van der Waals surface area (Å²) in [5, 5.41) is 9.35. The van der Waals surface area contributed by atoms with Crippen LogP contribution in [-0.4, -0.2) is 13.5 Å². The number of aromatic hydroxyl groups is 1. The van der Waals surface area contributed by atoms with Crippen LogP contribution in [-0.2, 0) is 10.0 Å². The molecular weight excluding hydrogens is 276 g/mol. The number of anilines is 2. The summed E-state index contributed by atoms with van der Waals surface area (Å²) in [6.45, 7) is 3.66. The highest BCUT2D eigenvalue weighted by atomic mass is 32.2. The van der Waals surface area contributed by atoms with Gasteiger partial charge in [-0.05, 0) is 43.2 Å². The van der Waals surface area contributed by atoms with Crippen LogP contribution < -0.4 is 10.5 Å². The summed E-state index contributed by atoms with van der Waals surface area (Å²) < 4.78 is 27.2. The van der Waals surface area contributed by atoms with Gasteiger partial charge in [-0.15, -0.1) is 0 Å². The molecular formula is C14H16N2O3S. The van der Waals surface area contributed by atoms with E-state index in [1.807, 2.05) is 32.0 Å². The van der Waals surface area contributed by atoms with E-state index in [0.717, 1.165) is 11.1 Å². The Morgan fingerprint density at radius 3 is 2.25 bits per heavy atom. The molecule has 0 aliphatic carbocycles. The van der Waals surface area contributed by atoms with Crippen LogP contribution >= 0.6 is 0 Å². The second-order valence-corrected chi connectivity index (χ2v) is 6.28. The maximum Gasteiger partial charge on any atom is 0.261 e. The molecule has 0 aromatic heterocycles. The fourth-order valence-corrected chi connectivity index (χ4v) is 3.11. The Hall–Kier alpha value is -2.21. The minimum absolute atomic E-state index is 0.00968. The Morgan fingerprint density at radius 2 is 1.70 bits per heavy atom. The highest BCUT2D eigenvalue weighted by Crippen LogP contribution is 2.27. The molecule has 106 valence electrons. The summed E-state index contributed by atoms with van der Waals surface area (Å²) in [6.07, 6.45) is 0. The molecule has 20 heavy (non-hydrogen) atoms. The van der Waals surface area contributed by atoms with Crippen LogP contribution in [0, 0.1) is 13.8 Å². The summed E-state index contributed by atoms with van der Waals surface area (Å²) in [6, 6.07) is 9.31. The molecule has 2 aromatic carbocycles. The fourth-order valence-electron chi connectivity index (χ4n) is 1.87. The molecule has 6 heteroatoms. The number of para-hydroxylation sites is 1. The van der Waals surface area contributed by atoms with Gasteiger partial charge in [0.2, 0.25) is 0 Å². The van der Waals surface area contributed by atoms with Crippen molar-refractivity contribution in [1.29, 1.82) is 0 Å². The Bertz CT molecular complexity index is 735. The Kier molecular flexibility index (Phi) is 3.59. The first kappa shape index (κ1) is 14.2. The van der Waals surface area contributed by atoms with Crippen LogP contribution in [0.4, 0.5) is 11.4 Å². The van der Waals surface area contributed by atoms with Crippen LogP contribution in [0.15, 0.2) is 41.3 Å². The van der Waals surface area contributed by atoms with Crippen LogP contribution in [0.3, 0.4) is 0 Å². The summed E-state index contributed by atoms with van der Waals surface area (Å²) in [7, 11) is -3.74. The maximum absolute atomic E-state index is 12.3. The van der Waals surface area contributed by atoms with Gasteiger partial charge in [-0.3, -0.25) is 4.72 Å². The van der Waals surface area contributed by atoms with E-state index in [1.54, 1.807) is 0 Å². The number of phenols is 1. The van der Waals surface area contributed by atoms with E-state index in [1.165, 1.54) is 18.2 Å². The zero-order chi connectivity index (χ0) is 14.9. The van der Waals surface area contributed by atoms with Crippen molar-refractivity contribution >= 4 is 21.4 Å². The van der Waals surface area contributed by atoms with Crippen molar-refractivity contribution in [3.63, 3.8) is 0 Å². The highest BCUT2D eigenvalue weighted by Gasteiger charge is 2.17. The van der Waals surface area contributed by atoms with Gasteiger partial charge >= 0.3 is 0 Å². The van der Waals surface area contributed by atoms with Gasteiger partial charge in [-0.1, -0.05) is 18.2 Å². The SMILES string of the molecule is Cc1cccc(C)c1NS(=O)(=O)c1ccc(O)c(N)c1. The Morgan fingerprint density at radius 1 is 1.10 bits per heavy atom. The summed E-state index contributed by atoms with van der Waals surface area (Å²) >= 11 is 0. The molecule has 0 saturated carbocycles. The molecule has 0 unspecified atom stereocenters. The van der Waals surface area contributed by atoms with Gasteiger partial charge < -0.3 is 10.8 Å². The topological polar surface area (TPSA) is 92.4 Å². The minimum atomic E-state index is -3.74. The number of benzene rings is 2. The minimum Gasteiger partial charge on any atom is -0.506 e. The quantitative estimate of drug-likeness (QED) is 0.598. The normalized spacial score (nSPS) is 11.3. The van der Waals surface area contributed by atoms with Crippen molar-refractivity contribution in [3.05, 3.63) is 47.5 Å². The second kappa shape index (κ2) is 5.05. The molecule has 0 saturated heterocycles. The largest absolute Gasteiger partial charge is 0.506 e. The molecule has 0 aliphatic rings. The van der Waals surface area contributed by atoms with Gasteiger partial charge in [0.1, 0.15) is 5.75 Å². The lowest BCUT2D eigenvalue weighted by atomic mass is 10.1. The van der Waals surface area contributed by atoms with Gasteiger partial charge in [0.05, 0.1) is 16.3 Å². The average molecular weight is 292 g/mol.